The molecule has 1 aliphatic carbocycles. The number of pyridine rings is 1. The van der Waals surface area contributed by atoms with Crippen molar-refractivity contribution < 1.29 is 22.7 Å². The van der Waals surface area contributed by atoms with E-state index < -0.39 is 33.3 Å². The van der Waals surface area contributed by atoms with E-state index in [9.17, 15) is 17.9 Å². The summed E-state index contributed by atoms with van der Waals surface area (Å²) in [5.41, 5.74) is 6.15. The van der Waals surface area contributed by atoms with Crippen LogP contribution in [0.1, 0.15) is 54.6 Å². The molecule has 11 heteroatoms. The molecule has 1 saturated carbocycles. The fourth-order valence-electron chi connectivity index (χ4n) is 5.91. The quantitative estimate of drug-likeness (QED) is 0.509. The van der Waals surface area contributed by atoms with Gasteiger partial charge < -0.3 is 15.2 Å². The summed E-state index contributed by atoms with van der Waals surface area (Å²) in [6.07, 6.45) is 6.85. The number of aromatic nitrogens is 1. The van der Waals surface area contributed by atoms with Crippen LogP contribution in [-0.4, -0.2) is 66.2 Å². The van der Waals surface area contributed by atoms with Gasteiger partial charge in [0.15, 0.2) is 14.9 Å². The highest BCUT2D eigenvalue weighted by atomic mass is 32.2. The number of hydrazine groups is 2. The molecule has 2 fully saturated rings. The van der Waals surface area contributed by atoms with Crippen molar-refractivity contribution in [3.8, 4) is 0 Å². The van der Waals surface area contributed by atoms with Gasteiger partial charge in [0.25, 0.3) is 0 Å². The molecule has 1 saturated heterocycles. The van der Waals surface area contributed by atoms with Gasteiger partial charge in [0, 0.05) is 31.1 Å². The molecule has 3 unspecified atom stereocenters. The first-order valence-electron chi connectivity index (χ1n) is 13.0. The molecule has 3 aliphatic heterocycles. The zero-order valence-electron chi connectivity index (χ0n) is 21.1. The summed E-state index contributed by atoms with van der Waals surface area (Å²) in [5, 5.41) is 17.0. The number of nitrogens with zero attached hydrogens (tertiary/aromatic N) is 3. The van der Waals surface area contributed by atoms with Gasteiger partial charge in [-0.1, -0.05) is 18.2 Å². The van der Waals surface area contributed by atoms with Gasteiger partial charge >= 0.3 is 0 Å². The van der Waals surface area contributed by atoms with Crippen LogP contribution in [0.5, 0.6) is 0 Å². The van der Waals surface area contributed by atoms with Crippen LogP contribution in [0.2, 0.25) is 0 Å². The van der Waals surface area contributed by atoms with E-state index in [4.69, 9.17) is 9.72 Å². The summed E-state index contributed by atoms with van der Waals surface area (Å²) < 4.78 is 48.1. The van der Waals surface area contributed by atoms with Crippen molar-refractivity contribution >= 4 is 9.84 Å². The lowest BCUT2D eigenvalue weighted by molar-refractivity contribution is 0.00605. The number of nitrogens with one attached hydrogen (secondary N) is 2. The average Bonchev–Trinajstić information content (AvgIpc) is 3.56. The molecule has 1 aromatic heterocycles. The molecule has 9 nitrogen and oxygen atoms in total. The first-order chi connectivity index (χ1) is 18.3. The van der Waals surface area contributed by atoms with E-state index in [1.807, 2.05) is 22.4 Å². The maximum Gasteiger partial charge on any atom is 0.198 e. The molecule has 0 bridgehead atoms. The molecule has 1 aromatic carbocycles. The van der Waals surface area contributed by atoms with Gasteiger partial charge in [-0.2, -0.15) is 0 Å². The van der Waals surface area contributed by atoms with E-state index >= 15 is 0 Å². The summed E-state index contributed by atoms with van der Waals surface area (Å²) in [4.78, 5) is 4.69. The van der Waals surface area contributed by atoms with Crippen molar-refractivity contribution in [3.05, 3.63) is 83.1 Å². The Morgan fingerprint density at radius 3 is 2.74 bits per heavy atom. The van der Waals surface area contributed by atoms with Crippen LogP contribution in [-0.2, 0) is 14.6 Å². The number of benzene rings is 1. The first-order valence-corrected chi connectivity index (χ1v) is 14.5. The van der Waals surface area contributed by atoms with E-state index in [0.29, 0.717) is 49.0 Å². The van der Waals surface area contributed by atoms with Crippen LogP contribution in [0.15, 0.2) is 65.5 Å². The zero-order valence-corrected chi connectivity index (χ0v) is 21.9. The lowest BCUT2D eigenvalue weighted by Gasteiger charge is -2.41. The molecule has 6 rings (SSSR count). The van der Waals surface area contributed by atoms with Crippen LogP contribution in [0.4, 0.5) is 4.39 Å². The predicted molar refractivity (Wildman–Crippen MR) is 138 cm³/mol. The van der Waals surface area contributed by atoms with Crippen molar-refractivity contribution in [1.82, 2.24) is 25.9 Å². The summed E-state index contributed by atoms with van der Waals surface area (Å²) in [5.74, 6) is -0.385. The number of aliphatic hydroxyl groups is 1. The van der Waals surface area contributed by atoms with Gasteiger partial charge in [0.1, 0.15) is 11.9 Å². The predicted octanol–water partition coefficient (Wildman–Crippen LogP) is 2.50. The zero-order chi connectivity index (χ0) is 26.4. The Bertz CT molecular complexity index is 1370. The largest absolute Gasteiger partial charge is 0.391 e. The number of methoxy groups -OCH3 is 1. The van der Waals surface area contributed by atoms with Crippen LogP contribution in [0.25, 0.3) is 0 Å². The number of hydrogen-bond acceptors (Lipinski definition) is 9. The summed E-state index contributed by atoms with van der Waals surface area (Å²) in [6, 6.07) is 8.78. The molecule has 2 aromatic rings. The Balaban J connectivity index is 1.38. The molecule has 0 spiro atoms. The SMILES string of the molecule is CO[C@@H](c1ccc(F)cc1)c1ccc(C2NCCC2O)nc1S(=O)(=O)[C@@H]1CCC2=CN3C=CCN3NC2C1. The third-order valence-corrected chi connectivity index (χ3v) is 10.1. The Labute approximate surface area is 221 Å². The molecule has 38 heavy (non-hydrogen) atoms. The maximum atomic E-state index is 14.3. The molecule has 0 radical (unpaired) electrons. The highest BCUT2D eigenvalue weighted by Gasteiger charge is 2.41. The minimum atomic E-state index is -3.90. The minimum Gasteiger partial charge on any atom is -0.391 e. The van der Waals surface area contributed by atoms with E-state index in [2.05, 4.69) is 16.9 Å². The topological polar surface area (TPSA) is 107 Å². The van der Waals surface area contributed by atoms with E-state index in [1.54, 1.807) is 24.3 Å². The summed E-state index contributed by atoms with van der Waals surface area (Å²) in [7, 11) is -2.40. The van der Waals surface area contributed by atoms with Crippen molar-refractivity contribution in [2.75, 3.05) is 20.2 Å². The molecule has 4 heterocycles. The van der Waals surface area contributed by atoms with Gasteiger partial charge in [0.05, 0.1) is 29.6 Å². The Kier molecular flexibility index (Phi) is 6.83. The molecule has 202 valence electrons. The molecular weight excluding hydrogens is 509 g/mol. The molecule has 4 aliphatic rings. The fraction of sp³-hybridized carbons (Fsp3) is 0.444. The van der Waals surface area contributed by atoms with Crippen molar-refractivity contribution in [2.24, 2.45) is 0 Å². The van der Waals surface area contributed by atoms with Gasteiger partial charge in [-0.15, -0.1) is 5.12 Å². The number of rotatable bonds is 6. The van der Waals surface area contributed by atoms with Crippen LogP contribution >= 0.6 is 0 Å². The third kappa shape index (κ3) is 4.57. The highest BCUT2D eigenvalue weighted by molar-refractivity contribution is 7.92. The van der Waals surface area contributed by atoms with Crippen LogP contribution < -0.4 is 10.7 Å². The second kappa shape index (κ2) is 10.1. The maximum absolute atomic E-state index is 14.3. The van der Waals surface area contributed by atoms with E-state index in [0.717, 1.165) is 6.54 Å². The van der Waals surface area contributed by atoms with Crippen molar-refractivity contribution in [3.63, 3.8) is 0 Å². The number of fused-ring (bicyclic) bond motifs is 2. The first kappa shape index (κ1) is 25.6. The number of hydrogen-bond donors (Lipinski definition) is 3. The van der Waals surface area contributed by atoms with Gasteiger partial charge in [-0.3, -0.25) is 5.01 Å². The highest BCUT2D eigenvalue weighted by Crippen LogP contribution is 2.38. The van der Waals surface area contributed by atoms with Gasteiger partial charge in [-0.05, 0) is 67.6 Å². The summed E-state index contributed by atoms with van der Waals surface area (Å²) in [6.45, 7) is 1.34. The number of sulfone groups is 1. The fourth-order valence-corrected chi connectivity index (χ4v) is 7.84. The van der Waals surface area contributed by atoms with E-state index in [-0.39, 0.29) is 16.9 Å². The molecule has 3 N–H and O–H groups in total. The Hall–Kier alpha value is -2.67. The third-order valence-electron chi connectivity index (χ3n) is 7.94. The van der Waals surface area contributed by atoms with Crippen molar-refractivity contribution in [2.45, 2.75) is 60.3 Å². The minimum absolute atomic E-state index is 0.0372. The monoisotopic (exact) mass is 541 g/mol. The standard InChI is InChI=1S/C27H32FN5O4S/c1-37-26(17-3-6-19(28)7-4-17)21-9-10-22(25-24(34)11-12-29-25)30-27(21)38(35,36)20-8-5-18-16-32-13-2-14-33(32)31-23(18)15-20/h2-4,6-7,9-10,13,16,20,23-26,29,31,34H,5,8,11-12,14-15H2,1H3/t20-,23?,24?,25?,26+/m1/s1. The number of aliphatic hydroxyl groups excluding tert-OH is 1. The van der Waals surface area contributed by atoms with Gasteiger partial charge in [0.2, 0.25) is 0 Å². The Morgan fingerprint density at radius 2 is 2.00 bits per heavy atom. The molecular formula is C27H32FN5O4S. The summed E-state index contributed by atoms with van der Waals surface area (Å²) >= 11 is 0. The second-order valence-corrected chi connectivity index (χ2v) is 12.4. The Morgan fingerprint density at radius 1 is 1.18 bits per heavy atom. The molecule has 5 atom stereocenters. The van der Waals surface area contributed by atoms with E-state index in [1.165, 1.54) is 24.8 Å². The average molecular weight is 542 g/mol. The van der Waals surface area contributed by atoms with Crippen LogP contribution in [0, 0.1) is 5.82 Å². The van der Waals surface area contributed by atoms with Gasteiger partial charge in [-0.25, -0.2) is 23.2 Å². The second-order valence-electron chi connectivity index (χ2n) is 10.3. The smallest absolute Gasteiger partial charge is 0.198 e. The lowest BCUT2D eigenvalue weighted by Crippen LogP contribution is -2.55. The number of ether oxygens (including phenoxy) is 1. The lowest BCUT2D eigenvalue weighted by atomic mass is 9.90. The normalized spacial score (nSPS) is 28.2. The van der Waals surface area contributed by atoms with Crippen LogP contribution in [0.3, 0.4) is 0 Å². The molecule has 0 amide bonds. The number of halogens is 1. The van der Waals surface area contributed by atoms with Crippen molar-refractivity contribution in [1.29, 1.82) is 0 Å².